The molecule has 0 aromatic rings. The standard InChI is InChI=1S/C6H15O6P/c1-3-6(12-5(2)7)4-11-13(8,9)10/h5-7H,3-4H2,1-2H3,(H2,8,9,10)/t5?,6-/m0/s1. The molecule has 2 atom stereocenters. The maximum absolute atomic E-state index is 10.3. The molecule has 0 aromatic heterocycles. The van der Waals surface area contributed by atoms with Crippen LogP contribution in [-0.4, -0.2) is 33.9 Å². The van der Waals surface area contributed by atoms with E-state index in [1.165, 1.54) is 6.92 Å². The Morgan fingerprint density at radius 2 is 2.00 bits per heavy atom. The molecule has 0 aliphatic heterocycles. The predicted molar refractivity (Wildman–Crippen MR) is 44.8 cm³/mol. The first-order valence-electron chi connectivity index (χ1n) is 3.88. The summed E-state index contributed by atoms with van der Waals surface area (Å²) in [5.74, 6) is 0. The number of aliphatic hydroxyl groups excluding tert-OH is 1. The first-order chi connectivity index (χ1) is 5.85. The molecule has 0 aliphatic carbocycles. The minimum atomic E-state index is -4.44. The fraction of sp³-hybridized carbons (Fsp3) is 1.00. The first kappa shape index (κ1) is 13.0. The minimum absolute atomic E-state index is 0.230. The smallest absolute Gasteiger partial charge is 0.368 e. The molecule has 0 radical (unpaired) electrons. The van der Waals surface area contributed by atoms with E-state index >= 15 is 0 Å². The molecule has 0 aliphatic rings. The van der Waals surface area contributed by atoms with Crippen LogP contribution in [0.1, 0.15) is 20.3 Å². The Hall–Kier alpha value is 0.0300. The van der Waals surface area contributed by atoms with Gasteiger partial charge in [0, 0.05) is 0 Å². The monoisotopic (exact) mass is 214 g/mol. The van der Waals surface area contributed by atoms with Gasteiger partial charge in [-0.05, 0) is 13.3 Å². The zero-order chi connectivity index (χ0) is 10.5. The Labute approximate surface area is 76.7 Å². The minimum Gasteiger partial charge on any atom is -0.368 e. The van der Waals surface area contributed by atoms with E-state index in [1.807, 2.05) is 0 Å². The predicted octanol–water partition coefficient (Wildman–Crippen LogP) is 0.229. The van der Waals surface area contributed by atoms with Crippen LogP contribution in [-0.2, 0) is 13.8 Å². The van der Waals surface area contributed by atoms with Crippen molar-refractivity contribution < 1.29 is 28.7 Å². The fourth-order valence-corrected chi connectivity index (χ4v) is 1.07. The highest BCUT2D eigenvalue weighted by Crippen LogP contribution is 2.36. The fourth-order valence-electron chi connectivity index (χ4n) is 0.712. The molecule has 0 saturated heterocycles. The van der Waals surface area contributed by atoms with Crippen molar-refractivity contribution in [1.82, 2.24) is 0 Å². The highest BCUT2D eigenvalue weighted by molar-refractivity contribution is 7.46. The zero-order valence-electron chi connectivity index (χ0n) is 7.58. The van der Waals surface area contributed by atoms with Crippen molar-refractivity contribution in [2.75, 3.05) is 6.61 Å². The number of hydrogen-bond donors (Lipinski definition) is 3. The highest BCUT2D eigenvalue weighted by atomic mass is 31.2. The number of phosphoric acid groups is 1. The highest BCUT2D eigenvalue weighted by Gasteiger charge is 2.18. The molecule has 0 saturated carbocycles. The van der Waals surface area contributed by atoms with Crippen molar-refractivity contribution in [3.8, 4) is 0 Å². The van der Waals surface area contributed by atoms with Crippen molar-refractivity contribution in [3.63, 3.8) is 0 Å². The molecule has 1 unspecified atom stereocenters. The molecule has 80 valence electrons. The van der Waals surface area contributed by atoms with Gasteiger partial charge in [-0.15, -0.1) is 0 Å². The van der Waals surface area contributed by atoms with Crippen molar-refractivity contribution in [1.29, 1.82) is 0 Å². The van der Waals surface area contributed by atoms with Crippen molar-refractivity contribution in [2.45, 2.75) is 32.7 Å². The normalized spacial score (nSPS) is 17.0. The van der Waals surface area contributed by atoms with E-state index < -0.39 is 20.2 Å². The van der Waals surface area contributed by atoms with E-state index in [1.54, 1.807) is 6.92 Å². The quantitative estimate of drug-likeness (QED) is 0.432. The van der Waals surface area contributed by atoms with Gasteiger partial charge in [0.25, 0.3) is 0 Å². The molecule has 0 bridgehead atoms. The van der Waals surface area contributed by atoms with Crippen LogP contribution in [0, 0.1) is 0 Å². The average molecular weight is 214 g/mol. The van der Waals surface area contributed by atoms with E-state index in [0.29, 0.717) is 6.42 Å². The maximum Gasteiger partial charge on any atom is 0.469 e. The lowest BCUT2D eigenvalue weighted by molar-refractivity contribution is -0.135. The van der Waals surface area contributed by atoms with Crippen LogP contribution in [0.3, 0.4) is 0 Å². The Kier molecular flexibility index (Phi) is 5.71. The van der Waals surface area contributed by atoms with Gasteiger partial charge in [0.1, 0.15) is 0 Å². The summed E-state index contributed by atoms with van der Waals surface area (Å²) in [5.41, 5.74) is 0. The molecule has 6 nitrogen and oxygen atoms in total. The van der Waals surface area contributed by atoms with Crippen molar-refractivity contribution in [3.05, 3.63) is 0 Å². The van der Waals surface area contributed by atoms with Crippen LogP contribution in [0.2, 0.25) is 0 Å². The maximum atomic E-state index is 10.3. The molecule has 0 fully saturated rings. The van der Waals surface area contributed by atoms with Crippen molar-refractivity contribution >= 4 is 7.82 Å². The Balaban J connectivity index is 3.79. The third kappa shape index (κ3) is 8.36. The van der Waals surface area contributed by atoms with Gasteiger partial charge in [0.2, 0.25) is 0 Å². The van der Waals surface area contributed by atoms with Gasteiger partial charge in [0.05, 0.1) is 12.7 Å². The number of hydrogen-bond acceptors (Lipinski definition) is 4. The molecule has 13 heavy (non-hydrogen) atoms. The SMILES string of the molecule is CC[C@@H](COP(=O)(O)O)OC(C)O. The lowest BCUT2D eigenvalue weighted by atomic mass is 10.3. The molecule has 0 aromatic carbocycles. The van der Waals surface area contributed by atoms with E-state index in [-0.39, 0.29) is 6.61 Å². The number of rotatable bonds is 6. The lowest BCUT2D eigenvalue weighted by Crippen LogP contribution is -2.23. The second kappa shape index (κ2) is 5.70. The van der Waals surface area contributed by atoms with Gasteiger partial charge in [-0.1, -0.05) is 6.92 Å². The lowest BCUT2D eigenvalue weighted by Gasteiger charge is -2.17. The van der Waals surface area contributed by atoms with Gasteiger partial charge in [0.15, 0.2) is 6.29 Å². The summed E-state index contributed by atoms with van der Waals surface area (Å²) in [6.45, 7) is 2.95. The summed E-state index contributed by atoms with van der Waals surface area (Å²) < 4.78 is 19.4. The molecule has 7 heteroatoms. The summed E-state index contributed by atoms with van der Waals surface area (Å²) in [6, 6.07) is 0. The van der Waals surface area contributed by atoms with Crippen LogP contribution in [0.15, 0.2) is 0 Å². The Bertz CT molecular complexity index is 176. The number of phosphoric ester groups is 1. The van der Waals surface area contributed by atoms with Gasteiger partial charge >= 0.3 is 7.82 Å². The second-order valence-electron chi connectivity index (χ2n) is 2.55. The molecule has 0 spiro atoms. The Morgan fingerprint density at radius 1 is 1.46 bits per heavy atom. The van der Waals surface area contributed by atoms with Gasteiger partial charge in [-0.25, -0.2) is 4.57 Å². The first-order valence-corrected chi connectivity index (χ1v) is 5.41. The molecule has 0 heterocycles. The van der Waals surface area contributed by atoms with Gasteiger partial charge < -0.3 is 19.6 Å². The van der Waals surface area contributed by atoms with Crippen molar-refractivity contribution in [2.24, 2.45) is 0 Å². The summed E-state index contributed by atoms with van der Waals surface area (Å²) in [5, 5.41) is 8.81. The van der Waals surface area contributed by atoms with Gasteiger partial charge in [-0.3, -0.25) is 4.52 Å². The molecular formula is C6H15O6P. The zero-order valence-corrected chi connectivity index (χ0v) is 8.48. The van der Waals surface area contributed by atoms with Crippen LogP contribution in [0.4, 0.5) is 0 Å². The third-order valence-electron chi connectivity index (χ3n) is 1.27. The van der Waals surface area contributed by atoms with Crippen LogP contribution < -0.4 is 0 Å². The summed E-state index contributed by atoms with van der Waals surface area (Å²) >= 11 is 0. The summed E-state index contributed by atoms with van der Waals surface area (Å²) in [4.78, 5) is 16.7. The van der Waals surface area contributed by atoms with Crippen LogP contribution >= 0.6 is 7.82 Å². The largest absolute Gasteiger partial charge is 0.469 e. The number of aliphatic hydroxyl groups is 1. The van der Waals surface area contributed by atoms with E-state index in [9.17, 15) is 4.57 Å². The second-order valence-corrected chi connectivity index (χ2v) is 3.79. The third-order valence-corrected chi connectivity index (χ3v) is 1.76. The average Bonchev–Trinajstić information content (AvgIpc) is 1.95. The summed E-state index contributed by atoms with van der Waals surface area (Å²) in [6.07, 6.45) is -0.969. The Morgan fingerprint density at radius 3 is 2.31 bits per heavy atom. The van der Waals surface area contributed by atoms with Crippen LogP contribution in [0.5, 0.6) is 0 Å². The van der Waals surface area contributed by atoms with Crippen LogP contribution in [0.25, 0.3) is 0 Å². The molecular weight excluding hydrogens is 199 g/mol. The molecule has 3 N–H and O–H groups in total. The van der Waals surface area contributed by atoms with E-state index in [2.05, 4.69) is 4.52 Å². The molecule has 0 rings (SSSR count). The van der Waals surface area contributed by atoms with E-state index in [4.69, 9.17) is 19.6 Å². The summed E-state index contributed by atoms with van der Waals surface area (Å²) in [7, 11) is -4.44. The topological polar surface area (TPSA) is 96.2 Å². The van der Waals surface area contributed by atoms with Gasteiger partial charge in [-0.2, -0.15) is 0 Å². The van der Waals surface area contributed by atoms with E-state index in [0.717, 1.165) is 0 Å². The number of ether oxygens (including phenoxy) is 1. The molecule has 0 amide bonds.